The first-order valence-corrected chi connectivity index (χ1v) is 10.8. The third-order valence-electron chi connectivity index (χ3n) is 6.27. The fraction of sp³-hybridized carbons (Fsp3) is 0.269. The summed E-state index contributed by atoms with van der Waals surface area (Å²) >= 11 is 0. The highest BCUT2D eigenvalue weighted by Gasteiger charge is 2.37. The summed E-state index contributed by atoms with van der Waals surface area (Å²) in [6.07, 6.45) is 2.71. The van der Waals surface area contributed by atoms with Crippen molar-refractivity contribution in [2.24, 2.45) is 0 Å². The molecule has 7 heteroatoms. The Kier molecular flexibility index (Phi) is 5.46. The molecule has 0 saturated heterocycles. The van der Waals surface area contributed by atoms with E-state index in [4.69, 9.17) is 18.6 Å². The van der Waals surface area contributed by atoms with Gasteiger partial charge in [0.25, 0.3) is 0 Å². The van der Waals surface area contributed by atoms with Crippen LogP contribution in [0.1, 0.15) is 36.1 Å². The van der Waals surface area contributed by atoms with Crippen molar-refractivity contribution >= 4 is 17.2 Å². The number of ketones is 1. The van der Waals surface area contributed by atoms with Crippen LogP contribution in [0.3, 0.4) is 0 Å². The van der Waals surface area contributed by atoms with E-state index in [2.05, 4.69) is 10.6 Å². The minimum Gasteiger partial charge on any atom is -0.493 e. The summed E-state index contributed by atoms with van der Waals surface area (Å²) in [5, 5.41) is 7.11. The molecule has 0 amide bonds. The van der Waals surface area contributed by atoms with E-state index in [1.165, 1.54) is 0 Å². The summed E-state index contributed by atoms with van der Waals surface area (Å²) in [6.45, 7) is 0. The molecule has 2 aromatic carbocycles. The average Bonchev–Trinajstić information content (AvgIpc) is 3.32. The van der Waals surface area contributed by atoms with Gasteiger partial charge in [0, 0.05) is 23.6 Å². The van der Waals surface area contributed by atoms with Gasteiger partial charge in [0.05, 0.1) is 45.0 Å². The Labute approximate surface area is 192 Å². The molecule has 2 aliphatic rings. The third kappa shape index (κ3) is 3.69. The SMILES string of the molecule is COc1cc(C2Nc3ccccc3NC3=C2C(=O)CC(c2ccco2)C3)cc(OC)c1OC. The molecule has 2 unspecified atom stereocenters. The van der Waals surface area contributed by atoms with Crippen LogP contribution in [0.4, 0.5) is 11.4 Å². The molecule has 0 bridgehead atoms. The standard InChI is InChI=1S/C26H26N2O5/c1-30-22-13-16(14-23(31-2)26(22)32-3)25-24-19(27-17-7-4-5-8-18(17)28-25)11-15(12-20(24)29)21-9-6-10-33-21/h4-10,13-15,25,27-28H,11-12H2,1-3H3. The van der Waals surface area contributed by atoms with Crippen LogP contribution < -0.4 is 24.8 Å². The number of hydrogen-bond donors (Lipinski definition) is 2. The zero-order chi connectivity index (χ0) is 22.9. The van der Waals surface area contributed by atoms with E-state index in [-0.39, 0.29) is 11.7 Å². The molecular formula is C26H26N2O5. The Hall–Kier alpha value is -3.87. The molecule has 1 aliphatic heterocycles. The van der Waals surface area contributed by atoms with Crippen LogP contribution >= 0.6 is 0 Å². The van der Waals surface area contributed by atoms with Gasteiger partial charge >= 0.3 is 0 Å². The first kappa shape index (κ1) is 21.0. The van der Waals surface area contributed by atoms with Crippen LogP contribution in [0.2, 0.25) is 0 Å². The minimum absolute atomic E-state index is 0.00963. The number of ether oxygens (including phenoxy) is 3. The van der Waals surface area contributed by atoms with E-state index < -0.39 is 6.04 Å². The highest BCUT2D eigenvalue weighted by Crippen LogP contribution is 2.47. The smallest absolute Gasteiger partial charge is 0.203 e. The van der Waals surface area contributed by atoms with E-state index in [0.717, 1.165) is 28.4 Å². The van der Waals surface area contributed by atoms with Gasteiger partial charge in [-0.1, -0.05) is 12.1 Å². The van der Waals surface area contributed by atoms with Crippen molar-refractivity contribution in [3.05, 3.63) is 77.4 Å². The van der Waals surface area contributed by atoms with Gasteiger partial charge in [0.2, 0.25) is 5.75 Å². The molecule has 170 valence electrons. The molecule has 2 atom stereocenters. The number of fused-ring (bicyclic) bond motifs is 1. The van der Waals surface area contributed by atoms with Crippen LogP contribution in [0.15, 0.2) is 70.5 Å². The molecular weight excluding hydrogens is 420 g/mol. The number of rotatable bonds is 5. The van der Waals surface area contributed by atoms with Gasteiger partial charge in [0.1, 0.15) is 5.76 Å². The Morgan fingerprint density at radius 3 is 2.27 bits per heavy atom. The number of Topliss-reactive ketones (excluding diaryl/α,β-unsaturated/α-hetero) is 1. The van der Waals surface area contributed by atoms with Crippen LogP contribution in [0.5, 0.6) is 17.2 Å². The van der Waals surface area contributed by atoms with Gasteiger partial charge in [-0.05, 0) is 48.4 Å². The van der Waals surface area contributed by atoms with Crippen molar-refractivity contribution in [1.29, 1.82) is 0 Å². The minimum atomic E-state index is -0.394. The number of nitrogens with one attached hydrogen (secondary N) is 2. The van der Waals surface area contributed by atoms with Crippen molar-refractivity contribution in [3.63, 3.8) is 0 Å². The predicted octanol–water partition coefficient (Wildman–Crippen LogP) is 5.28. The molecule has 33 heavy (non-hydrogen) atoms. The Balaban J connectivity index is 1.66. The second kappa shape index (κ2) is 8.58. The number of benzene rings is 2. The number of para-hydroxylation sites is 2. The van der Waals surface area contributed by atoms with Gasteiger partial charge in [-0.15, -0.1) is 0 Å². The first-order valence-electron chi connectivity index (χ1n) is 10.8. The lowest BCUT2D eigenvalue weighted by molar-refractivity contribution is -0.116. The summed E-state index contributed by atoms with van der Waals surface area (Å²) in [5.41, 5.74) is 4.29. The van der Waals surface area contributed by atoms with Crippen LogP contribution in [0.25, 0.3) is 0 Å². The largest absolute Gasteiger partial charge is 0.493 e. The second-order valence-electron chi connectivity index (χ2n) is 8.14. The van der Waals surface area contributed by atoms with E-state index in [1.807, 2.05) is 48.5 Å². The zero-order valence-electron chi connectivity index (χ0n) is 18.8. The number of carbonyl (C=O) groups is 1. The summed E-state index contributed by atoms with van der Waals surface area (Å²) in [4.78, 5) is 13.6. The molecule has 1 aromatic heterocycles. The lowest BCUT2D eigenvalue weighted by Gasteiger charge is -2.29. The lowest BCUT2D eigenvalue weighted by Crippen LogP contribution is -2.26. The van der Waals surface area contributed by atoms with Crippen molar-refractivity contribution in [2.45, 2.75) is 24.8 Å². The zero-order valence-corrected chi connectivity index (χ0v) is 18.8. The number of allylic oxidation sites excluding steroid dienone is 1. The number of carbonyl (C=O) groups excluding carboxylic acids is 1. The Morgan fingerprint density at radius 1 is 0.909 bits per heavy atom. The molecule has 2 N–H and O–H groups in total. The number of anilines is 2. The molecule has 7 nitrogen and oxygen atoms in total. The van der Waals surface area contributed by atoms with Gasteiger partial charge in [-0.25, -0.2) is 0 Å². The fourth-order valence-electron chi connectivity index (χ4n) is 4.74. The molecule has 1 aliphatic carbocycles. The topological polar surface area (TPSA) is 82.0 Å². The predicted molar refractivity (Wildman–Crippen MR) is 125 cm³/mol. The van der Waals surface area contributed by atoms with Crippen molar-refractivity contribution in [1.82, 2.24) is 0 Å². The summed E-state index contributed by atoms with van der Waals surface area (Å²) < 4.78 is 22.3. The second-order valence-corrected chi connectivity index (χ2v) is 8.14. The molecule has 0 saturated carbocycles. The number of methoxy groups -OCH3 is 3. The molecule has 0 spiro atoms. The van der Waals surface area contributed by atoms with E-state index in [0.29, 0.717) is 35.7 Å². The van der Waals surface area contributed by atoms with Crippen molar-refractivity contribution in [3.8, 4) is 17.2 Å². The van der Waals surface area contributed by atoms with Crippen molar-refractivity contribution < 1.29 is 23.4 Å². The normalized spacial score (nSPS) is 19.5. The van der Waals surface area contributed by atoms with E-state index in [9.17, 15) is 4.79 Å². The molecule has 0 radical (unpaired) electrons. The highest BCUT2D eigenvalue weighted by atomic mass is 16.5. The molecule has 2 heterocycles. The van der Waals surface area contributed by atoms with Gasteiger partial charge in [0.15, 0.2) is 17.3 Å². The maximum atomic E-state index is 13.6. The molecule has 5 rings (SSSR count). The summed E-state index contributed by atoms with van der Waals surface area (Å²) in [7, 11) is 4.75. The monoisotopic (exact) mass is 446 g/mol. The molecule has 0 fully saturated rings. The Bertz CT molecular complexity index is 1190. The van der Waals surface area contributed by atoms with E-state index in [1.54, 1.807) is 27.6 Å². The average molecular weight is 447 g/mol. The number of hydrogen-bond acceptors (Lipinski definition) is 7. The summed E-state index contributed by atoms with van der Waals surface area (Å²) in [6, 6.07) is 15.1. The maximum Gasteiger partial charge on any atom is 0.203 e. The van der Waals surface area contributed by atoms with Gasteiger partial charge in [-0.2, -0.15) is 0 Å². The van der Waals surface area contributed by atoms with Gasteiger partial charge in [-0.3, -0.25) is 4.79 Å². The Morgan fingerprint density at radius 2 is 1.64 bits per heavy atom. The summed E-state index contributed by atoms with van der Waals surface area (Å²) in [5.74, 6) is 2.48. The highest BCUT2D eigenvalue weighted by molar-refractivity contribution is 6.01. The van der Waals surface area contributed by atoms with E-state index >= 15 is 0 Å². The first-order chi connectivity index (χ1) is 16.1. The molecule has 3 aromatic rings. The quantitative estimate of drug-likeness (QED) is 0.551. The fourth-order valence-corrected chi connectivity index (χ4v) is 4.74. The van der Waals surface area contributed by atoms with Crippen LogP contribution in [-0.4, -0.2) is 27.1 Å². The number of furan rings is 1. The maximum absolute atomic E-state index is 13.6. The van der Waals surface area contributed by atoms with Crippen LogP contribution in [0, 0.1) is 0 Å². The third-order valence-corrected chi connectivity index (χ3v) is 6.27. The van der Waals surface area contributed by atoms with Crippen molar-refractivity contribution in [2.75, 3.05) is 32.0 Å². The lowest BCUT2D eigenvalue weighted by atomic mass is 9.80. The van der Waals surface area contributed by atoms with Crippen LogP contribution in [-0.2, 0) is 4.79 Å². The van der Waals surface area contributed by atoms with Gasteiger partial charge < -0.3 is 29.3 Å².